The summed E-state index contributed by atoms with van der Waals surface area (Å²) < 4.78 is 5.39. The lowest BCUT2D eigenvalue weighted by Gasteiger charge is -2.56. The van der Waals surface area contributed by atoms with Crippen LogP contribution in [0.1, 0.15) is 26.7 Å². The zero-order valence-electron chi connectivity index (χ0n) is 9.12. The standard InChI is InChI=1S/C12H20O2/c1-12(2)10-4-3-9(11(12)7-10)8-14-6-5-13/h3,10-11,13H,4-8H2,1-2H3. The van der Waals surface area contributed by atoms with E-state index in [1.54, 1.807) is 0 Å². The maximum absolute atomic E-state index is 8.63. The van der Waals surface area contributed by atoms with Crippen LogP contribution in [0.4, 0.5) is 0 Å². The molecule has 0 spiro atoms. The molecular formula is C12H20O2. The number of hydrogen-bond acceptors (Lipinski definition) is 2. The predicted molar refractivity (Wildman–Crippen MR) is 56.0 cm³/mol. The first kappa shape index (κ1) is 10.2. The Kier molecular flexibility index (Phi) is 2.67. The highest BCUT2D eigenvalue weighted by atomic mass is 16.5. The summed E-state index contributed by atoms with van der Waals surface area (Å²) in [4.78, 5) is 0. The van der Waals surface area contributed by atoms with E-state index in [9.17, 15) is 0 Å². The van der Waals surface area contributed by atoms with E-state index in [1.165, 1.54) is 18.4 Å². The van der Waals surface area contributed by atoms with Gasteiger partial charge >= 0.3 is 0 Å². The molecule has 1 saturated carbocycles. The number of ether oxygens (including phenoxy) is 1. The molecule has 2 unspecified atom stereocenters. The van der Waals surface area contributed by atoms with Crippen LogP contribution in [-0.2, 0) is 4.74 Å². The summed E-state index contributed by atoms with van der Waals surface area (Å²) in [6.07, 6.45) is 4.92. The molecule has 3 aliphatic rings. The topological polar surface area (TPSA) is 29.5 Å². The van der Waals surface area contributed by atoms with Crippen LogP contribution in [-0.4, -0.2) is 24.9 Å². The Balaban J connectivity index is 1.91. The van der Waals surface area contributed by atoms with Crippen molar-refractivity contribution in [1.29, 1.82) is 0 Å². The molecule has 0 aliphatic heterocycles. The maximum Gasteiger partial charge on any atom is 0.0702 e. The van der Waals surface area contributed by atoms with Crippen LogP contribution in [0.3, 0.4) is 0 Å². The van der Waals surface area contributed by atoms with Crippen LogP contribution >= 0.6 is 0 Å². The molecule has 0 aromatic rings. The van der Waals surface area contributed by atoms with Crippen LogP contribution in [0.25, 0.3) is 0 Å². The third-order valence-corrected chi connectivity index (χ3v) is 4.09. The van der Waals surface area contributed by atoms with Crippen LogP contribution in [0, 0.1) is 17.3 Å². The predicted octanol–water partition coefficient (Wildman–Crippen LogP) is 1.99. The van der Waals surface area contributed by atoms with Gasteiger partial charge in [0.2, 0.25) is 0 Å². The number of fused-ring (bicyclic) bond motifs is 1. The zero-order chi connectivity index (χ0) is 10.2. The van der Waals surface area contributed by atoms with Crippen molar-refractivity contribution < 1.29 is 9.84 Å². The van der Waals surface area contributed by atoms with Gasteiger partial charge in [0.15, 0.2) is 0 Å². The number of aliphatic hydroxyl groups is 1. The van der Waals surface area contributed by atoms with Crippen molar-refractivity contribution in [2.75, 3.05) is 19.8 Å². The quantitative estimate of drug-likeness (QED) is 0.550. The third-order valence-electron chi connectivity index (χ3n) is 4.09. The number of aliphatic hydroxyl groups excluding tert-OH is 1. The van der Waals surface area contributed by atoms with Gasteiger partial charge in [-0.2, -0.15) is 0 Å². The molecule has 1 N–H and O–H groups in total. The van der Waals surface area contributed by atoms with Crippen molar-refractivity contribution in [1.82, 2.24) is 0 Å². The molecule has 2 atom stereocenters. The van der Waals surface area contributed by atoms with Gasteiger partial charge in [0, 0.05) is 0 Å². The first-order valence-electron chi connectivity index (χ1n) is 5.53. The highest BCUT2D eigenvalue weighted by molar-refractivity contribution is 5.23. The normalized spacial score (nSPS) is 33.5. The van der Waals surface area contributed by atoms with Crippen molar-refractivity contribution in [3.63, 3.8) is 0 Å². The van der Waals surface area contributed by atoms with Crippen LogP contribution in [0.2, 0.25) is 0 Å². The Labute approximate surface area is 86.0 Å². The first-order valence-corrected chi connectivity index (χ1v) is 5.53. The molecule has 0 aromatic carbocycles. The lowest BCUT2D eigenvalue weighted by molar-refractivity contribution is -0.0189. The van der Waals surface area contributed by atoms with Crippen molar-refractivity contribution >= 4 is 0 Å². The van der Waals surface area contributed by atoms with Crippen molar-refractivity contribution in [3.05, 3.63) is 11.6 Å². The molecule has 3 aliphatic carbocycles. The van der Waals surface area contributed by atoms with E-state index >= 15 is 0 Å². The van der Waals surface area contributed by atoms with E-state index in [1.807, 2.05) is 0 Å². The highest BCUT2D eigenvalue weighted by Gasteiger charge is 2.50. The summed E-state index contributed by atoms with van der Waals surface area (Å²) in [5.74, 6) is 1.63. The molecule has 2 bridgehead atoms. The minimum atomic E-state index is 0.129. The summed E-state index contributed by atoms with van der Waals surface area (Å²) >= 11 is 0. The molecule has 0 aromatic heterocycles. The minimum Gasteiger partial charge on any atom is -0.394 e. The second-order valence-electron chi connectivity index (χ2n) is 5.10. The summed E-state index contributed by atoms with van der Waals surface area (Å²) in [7, 11) is 0. The lowest BCUT2D eigenvalue weighted by atomic mass is 9.49. The smallest absolute Gasteiger partial charge is 0.0702 e. The minimum absolute atomic E-state index is 0.129. The van der Waals surface area contributed by atoms with E-state index in [-0.39, 0.29) is 6.61 Å². The Bertz CT molecular complexity index is 243. The van der Waals surface area contributed by atoms with Crippen molar-refractivity contribution in [2.45, 2.75) is 26.7 Å². The Morgan fingerprint density at radius 2 is 2.36 bits per heavy atom. The van der Waals surface area contributed by atoms with Gasteiger partial charge in [0.25, 0.3) is 0 Å². The molecular weight excluding hydrogens is 176 g/mol. The molecule has 2 nitrogen and oxygen atoms in total. The molecule has 0 amide bonds. The fourth-order valence-electron chi connectivity index (χ4n) is 2.90. The molecule has 80 valence electrons. The molecule has 1 fully saturated rings. The summed E-state index contributed by atoms with van der Waals surface area (Å²) in [5, 5.41) is 8.63. The maximum atomic E-state index is 8.63. The van der Waals surface area contributed by atoms with Gasteiger partial charge in [0.1, 0.15) is 0 Å². The first-order chi connectivity index (χ1) is 6.66. The van der Waals surface area contributed by atoms with Gasteiger partial charge in [0.05, 0.1) is 19.8 Å². The van der Waals surface area contributed by atoms with Gasteiger partial charge in [-0.15, -0.1) is 0 Å². The molecule has 0 heterocycles. The Morgan fingerprint density at radius 3 is 2.93 bits per heavy atom. The van der Waals surface area contributed by atoms with E-state index < -0.39 is 0 Å². The fraction of sp³-hybridized carbons (Fsp3) is 0.833. The second-order valence-corrected chi connectivity index (χ2v) is 5.10. The number of rotatable bonds is 4. The zero-order valence-corrected chi connectivity index (χ0v) is 9.12. The fourth-order valence-corrected chi connectivity index (χ4v) is 2.90. The third kappa shape index (κ3) is 1.51. The van der Waals surface area contributed by atoms with Crippen LogP contribution in [0.5, 0.6) is 0 Å². The van der Waals surface area contributed by atoms with Gasteiger partial charge < -0.3 is 9.84 Å². The summed E-state index contributed by atoms with van der Waals surface area (Å²) in [6.45, 7) is 6.05. The SMILES string of the molecule is CC1(C)C2CC=C(COCCO)C1C2. The molecule has 0 saturated heterocycles. The molecule has 2 heteroatoms. The van der Waals surface area contributed by atoms with Gasteiger partial charge in [-0.1, -0.05) is 19.9 Å². The van der Waals surface area contributed by atoms with Gasteiger partial charge in [-0.3, -0.25) is 0 Å². The van der Waals surface area contributed by atoms with E-state index in [2.05, 4.69) is 19.9 Å². The summed E-state index contributed by atoms with van der Waals surface area (Å²) in [6, 6.07) is 0. The van der Waals surface area contributed by atoms with E-state index in [0.29, 0.717) is 12.0 Å². The van der Waals surface area contributed by atoms with E-state index in [0.717, 1.165) is 18.4 Å². The van der Waals surface area contributed by atoms with Gasteiger partial charge in [-0.05, 0) is 35.7 Å². The van der Waals surface area contributed by atoms with Crippen LogP contribution < -0.4 is 0 Å². The highest BCUT2D eigenvalue weighted by Crippen LogP contribution is 2.59. The summed E-state index contributed by atoms with van der Waals surface area (Å²) in [5.41, 5.74) is 1.96. The molecule has 14 heavy (non-hydrogen) atoms. The van der Waals surface area contributed by atoms with Crippen molar-refractivity contribution in [2.24, 2.45) is 17.3 Å². The Morgan fingerprint density at radius 1 is 1.57 bits per heavy atom. The Hall–Kier alpha value is -0.340. The number of allylic oxidation sites excluding steroid dienone is 1. The molecule has 0 radical (unpaired) electrons. The van der Waals surface area contributed by atoms with Crippen molar-refractivity contribution in [3.8, 4) is 0 Å². The van der Waals surface area contributed by atoms with Crippen LogP contribution in [0.15, 0.2) is 11.6 Å². The largest absolute Gasteiger partial charge is 0.394 e. The number of hydrogen-bond donors (Lipinski definition) is 1. The second kappa shape index (κ2) is 3.67. The average molecular weight is 196 g/mol. The van der Waals surface area contributed by atoms with Gasteiger partial charge in [-0.25, -0.2) is 0 Å². The molecule has 3 rings (SSSR count). The lowest BCUT2D eigenvalue weighted by Crippen LogP contribution is -2.48. The van der Waals surface area contributed by atoms with E-state index in [4.69, 9.17) is 9.84 Å². The monoisotopic (exact) mass is 196 g/mol. The average Bonchev–Trinajstić information content (AvgIpc) is 2.18.